The Bertz CT molecular complexity index is 904. The number of nitrogens with one attached hydrogen (secondary N) is 1. The number of benzene rings is 2. The van der Waals surface area contributed by atoms with Crippen molar-refractivity contribution in [1.82, 2.24) is 14.9 Å². The Balaban J connectivity index is 1.69. The number of carbonyl (C=O) groups is 1. The van der Waals surface area contributed by atoms with Gasteiger partial charge in [-0.15, -0.1) is 0 Å². The Morgan fingerprint density at radius 1 is 1.22 bits per heavy atom. The van der Waals surface area contributed by atoms with Crippen LogP contribution in [0.25, 0.3) is 5.69 Å². The number of ether oxygens (including phenoxy) is 1. The SMILES string of the molecule is CC[C@@H](Oc1cc(C)ccc1C)C(=O)NCc1ccccc1-n1ccnc1. The van der Waals surface area contributed by atoms with Crippen molar-refractivity contribution in [2.75, 3.05) is 0 Å². The minimum absolute atomic E-state index is 0.112. The maximum absolute atomic E-state index is 12.7. The Labute approximate surface area is 160 Å². The lowest BCUT2D eigenvalue weighted by atomic mass is 10.1. The minimum atomic E-state index is -0.522. The van der Waals surface area contributed by atoms with Crippen LogP contribution in [0.4, 0.5) is 0 Å². The van der Waals surface area contributed by atoms with Gasteiger partial charge >= 0.3 is 0 Å². The second-order valence-corrected chi connectivity index (χ2v) is 6.60. The van der Waals surface area contributed by atoms with Gasteiger partial charge in [0.2, 0.25) is 0 Å². The molecule has 1 amide bonds. The molecule has 0 bridgehead atoms. The van der Waals surface area contributed by atoms with E-state index in [1.54, 1.807) is 12.5 Å². The summed E-state index contributed by atoms with van der Waals surface area (Å²) >= 11 is 0. The smallest absolute Gasteiger partial charge is 0.261 e. The zero-order chi connectivity index (χ0) is 19.2. The molecule has 1 heterocycles. The summed E-state index contributed by atoms with van der Waals surface area (Å²) in [6.45, 7) is 6.38. The van der Waals surface area contributed by atoms with Crippen molar-refractivity contribution >= 4 is 5.91 Å². The molecule has 0 spiro atoms. The highest BCUT2D eigenvalue weighted by atomic mass is 16.5. The lowest BCUT2D eigenvalue weighted by Gasteiger charge is -2.19. The zero-order valence-corrected chi connectivity index (χ0v) is 16.0. The summed E-state index contributed by atoms with van der Waals surface area (Å²) in [4.78, 5) is 16.8. The van der Waals surface area contributed by atoms with E-state index in [1.165, 1.54) is 0 Å². The summed E-state index contributed by atoms with van der Waals surface area (Å²) in [5.41, 5.74) is 4.15. The predicted octanol–water partition coefficient (Wildman–Crippen LogP) is 3.96. The summed E-state index contributed by atoms with van der Waals surface area (Å²) in [6, 6.07) is 14.0. The summed E-state index contributed by atoms with van der Waals surface area (Å²) in [7, 11) is 0. The van der Waals surface area contributed by atoms with Gasteiger partial charge in [-0.25, -0.2) is 4.98 Å². The average molecular weight is 363 g/mol. The van der Waals surface area contributed by atoms with Gasteiger partial charge in [0.15, 0.2) is 6.10 Å². The highest BCUT2D eigenvalue weighted by molar-refractivity contribution is 5.81. The number of carbonyl (C=O) groups excluding carboxylic acids is 1. The van der Waals surface area contributed by atoms with E-state index in [4.69, 9.17) is 4.74 Å². The largest absolute Gasteiger partial charge is 0.480 e. The van der Waals surface area contributed by atoms with Gasteiger partial charge in [-0.3, -0.25) is 4.79 Å². The molecule has 1 aromatic heterocycles. The van der Waals surface area contributed by atoms with E-state index in [9.17, 15) is 4.79 Å². The van der Waals surface area contributed by atoms with Gasteiger partial charge in [0.25, 0.3) is 5.91 Å². The highest BCUT2D eigenvalue weighted by Gasteiger charge is 2.19. The number of imidazole rings is 1. The van der Waals surface area contributed by atoms with Gasteiger partial charge in [-0.1, -0.05) is 37.3 Å². The topological polar surface area (TPSA) is 56.1 Å². The third-order valence-corrected chi connectivity index (χ3v) is 4.50. The summed E-state index contributed by atoms with van der Waals surface area (Å²) in [5, 5.41) is 3.01. The molecule has 0 radical (unpaired) electrons. The summed E-state index contributed by atoms with van der Waals surface area (Å²) < 4.78 is 7.94. The number of nitrogens with zero attached hydrogens (tertiary/aromatic N) is 2. The first-order chi connectivity index (χ1) is 13.1. The maximum atomic E-state index is 12.7. The molecule has 27 heavy (non-hydrogen) atoms. The van der Waals surface area contributed by atoms with Crippen LogP contribution < -0.4 is 10.1 Å². The molecule has 0 unspecified atom stereocenters. The van der Waals surface area contributed by atoms with Crippen molar-refractivity contribution in [3.8, 4) is 11.4 Å². The van der Waals surface area contributed by atoms with Crippen LogP contribution in [0.5, 0.6) is 5.75 Å². The molecule has 0 fully saturated rings. The van der Waals surface area contributed by atoms with Crippen LogP contribution in [0.2, 0.25) is 0 Å². The van der Waals surface area contributed by atoms with Crippen molar-refractivity contribution in [2.24, 2.45) is 0 Å². The molecule has 1 atom stereocenters. The quantitative estimate of drug-likeness (QED) is 0.691. The monoisotopic (exact) mass is 363 g/mol. The summed E-state index contributed by atoms with van der Waals surface area (Å²) in [6.07, 6.45) is 5.45. The second kappa shape index (κ2) is 8.54. The third-order valence-electron chi connectivity index (χ3n) is 4.50. The van der Waals surface area contributed by atoms with Gasteiger partial charge < -0.3 is 14.6 Å². The molecule has 5 heteroatoms. The normalized spacial score (nSPS) is 11.8. The summed E-state index contributed by atoms with van der Waals surface area (Å²) in [5.74, 6) is 0.648. The first-order valence-electron chi connectivity index (χ1n) is 9.16. The van der Waals surface area contributed by atoms with E-state index in [0.717, 1.165) is 28.1 Å². The zero-order valence-electron chi connectivity index (χ0n) is 16.0. The van der Waals surface area contributed by atoms with E-state index < -0.39 is 6.10 Å². The molecular formula is C22H25N3O2. The number of hydrogen-bond donors (Lipinski definition) is 1. The van der Waals surface area contributed by atoms with Crippen LogP contribution in [-0.4, -0.2) is 21.6 Å². The van der Waals surface area contributed by atoms with Crippen LogP contribution in [0, 0.1) is 13.8 Å². The second-order valence-electron chi connectivity index (χ2n) is 6.60. The Hall–Kier alpha value is -3.08. The number of hydrogen-bond acceptors (Lipinski definition) is 3. The first-order valence-corrected chi connectivity index (χ1v) is 9.16. The molecule has 1 N–H and O–H groups in total. The minimum Gasteiger partial charge on any atom is -0.480 e. The van der Waals surface area contributed by atoms with Crippen LogP contribution in [-0.2, 0) is 11.3 Å². The van der Waals surface area contributed by atoms with Gasteiger partial charge in [-0.05, 0) is 49.1 Å². The molecule has 0 saturated carbocycles. The fourth-order valence-corrected chi connectivity index (χ4v) is 2.92. The molecule has 0 saturated heterocycles. The Kier molecular flexibility index (Phi) is 5.91. The number of para-hydroxylation sites is 1. The number of aryl methyl sites for hydroxylation is 2. The third kappa shape index (κ3) is 4.56. The van der Waals surface area contributed by atoms with E-state index >= 15 is 0 Å². The van der Waals surface area contributed by atoms with Crippen molar-refractivity contribution < 1.29 is 9.53 Å². The van der Waals surface area contributed by atoms with Gasteiger partial charge in [0, 0.05) is 18.9 Å². The van der Waals surface area contributed by atoms with E-state index in [-0.39, 0.29) is 5.91 Å². The molecule has 3 rings (SSSR count). The maximum Gasteiger partial charge on any atom is 0.261 e. The molecule has 0 aliphatic heterocycles. The van der Waals surface area contributed by atoms with Crippen molar-refractivity contribution in [3.05, 3.63) is 77.9 Å². The van der Waals surface area contributed by atoms with Crippen molar-refractivity contribution in [1.29, 1.82) is 0 Å². The molecule has 140 valence electrons. The molecular weight excluding hydrogens is 338 g/mol. The first kappa shape index (κ1) is 18.7. The standard InChI is InChI=1S/C22H25N3O2/c1-4-20(27-21-13-16(2)9-10-17(21)3)22(26)24-14-18-7-5-6-8-19(18)25-12-11-23-15-25/h5-13,15,20H,4,14H2,1-3H3,(H,24,26)/t20-/m1/s1. The number of rotatable bonds is 7. The van der Waals surface area contributed by atoms with Gasteiger partial charge in [-0.2, -0.15) is 0 Å². The number of amides is 1. The highest BCUT2D eigenvalue weighted by Crippen LogP contribution is 2.21. The van der Waals surface area contributed by atoms with Crippen LogP contribution in [0.1, 0.15) is 30.0 Å². The van der Waals surface area contributed by atoms with E-state index in [0.29, 0.717) is 13.0 Å². The molecule has 3 aromatic rings. The van der Waals surface area contributed by atoms with E-state index in [2.05, 4.69) is 10.3 Å². The van der Waals surface area contributed by atoms with Crippen LogP contribution in [0.3, 0.4) is 0 Å². The van der Waals surface area contributed by atoms with E-state index in [1.807, 2.05) is 74.0 Å². The van der Waals surface area contributed by atoms with Crippen LogP contribution >= 0.6 is 0 Å². The number of aromatic nitrogens is 2. The van der Waals surface area contributed by atoms with Crippen LogP contribution in [0.15, 0.2) is 61.2 Å². The predicted molar refractivity (Wildman–Crippen MR) is 106 cm³/mol. The fourth-order valence-electron chi connectivity index (χ4n) is 2.92. The lowest BCUT2D eigenvalue weighted by Crippen LogP contribution is -2.37. The molecule has 0 aliphatic carbocycles. The van der Waals surface area contributed by atoms with Gasteiger partial charge in [0.05, 0.1) is 12.0 Å². The fraction of sp³-hybridized carbons (Fsp3) is 0.273. The Morgan fingerprint density at radius 3 is 2.78 bits per heavy atom. The lowest BCUT2D eigenvalue weighted by molar-refractivity contribution is -0.128. The Morgan fingerprint density at radius 2 is 2.04 bits per heavy atom. The molecule has 5 nitrogen and oxygen atoms in total. The molecule has 2 aromatic carbocycles. The molecule has 0 aliphatic rings. The van der Waals surface area contributed by atoms with Crippen molar-refractivity contribution in [2.45, 2.75) is 39.8 Å². The van der Waals surface area contributed by atoms with Gasteiger partial charge in [0.1, 0.15) is 5.75 Å². The van der Waals surface area contributed by atoms with Crippen molar-refractivity contribution in [3.63, 3.8) is 0 Å². The average Bonchev–Trinajstić information content (AvgIpc) is 3.21.